The monoisotopic (exact) mass is 373 g/mol. The number of rotatable bonds is 5. The maximum Gasteiger partial charge on any atom is 0.234 e. The Bertz CT molecular complexity index is 897. The highest BCUT2D eigenvalue weighted by Crippen LogP contribution is 2.25. The zero-order chi connectivity index (χ0) is 17.8. The second kappa shape index (κ2) is 7.58. The quantitative estimate of drug-likeness (QED) is 0.668. The van der Waals surface area contributed by atoms with Gasteiger partial charge in [-0.1, -0.05) is 47.6 Å². The van der Waals surface area contributed by atoms with E-state index in [9.17, 15) is 4.79 Å². The highest BCUT2D eigenvalue weighted by Gasteiger charge is 2.14. The first-order valence-corrected chi connectivity index (χ1v) is 8.86. The number of carbonyl (C=O) groups excluding carboxylic acids is 1. The van der Waals surface area contributed by atoms with Crippen LogP contribution in [0.5, 0.6) is 0 Å². The third-order valence-electron chi connectivity index (χ3n) is 3.55. The summed E-state index contributed by atoms with van der Waals surface area (Å²) in [6.45, 7) is 1.86. The smallest absolute Gasteiger partial charge is 0.234 e. The summed E-state index contributed by atoms with van der Waals surface area (Å²) < 4.78 is 1.71. The molecule has 128 valence electrons. The second-order valence-corrected chi connectivity index (χ2v) is 6.61. The topological polar surface area (TPSA) is 85.8 Å². The number of thioether (sulfide) groups is 1. The Labute approximate surface area is 154 Å². The number of halogens is 1. The van der Waals surface area contributed by atoms with Crippen LogP contribution in [0.2, 0.25) is 5.02 Å². The lowest BCUT2D eigenvalue weighted by Crippen LogP contribution is -2.15. The Morgan fingerprint density at radius 2 is 1.96 bits per heavy atom. The van der Waals surface area contributed by atoms with Crippen molar-refractivity contribution >= 4 is 40.9 Å². The number of nitrogens with one attached hydrogen (secondary N) is 1. The van der Waals surface area contributed by atoms with Crippen molar-refractivity contribution in [2.24, 2.45) is 0 Å². The highest BCUT2D eigenvalue weighted by molar-refractivity contribution is 7.99. The highest BCUT2D eigenvalue weighted by atomic mass is 35.5. The van der Waals surface area contributed by atoms with Crippen molar-refractivity contribution < 1.29 is 4.79 Å². The van der Waals surface area contributed by atoms with Crippen LogP contribution < -0.4 is 11.1 Å². The lowest BCUT2D eigenvalue weighted by Gasteiger charge is -2.10. The molecule has 8 heteroatoms. The number of hydrogen-bond donors (Lipinski definition) is 2. The molecule has 1 heterocycles. The van der Waals surface area contributed by atoms with Crippen LogP contribution in [0.4, 0.5) is 11.6 Å². The van der Waals surface area contributed by atoms with Gasteiger partial charge in [0.25, 0.3) is 0 Å². The van der Waals surface area contributed by atoms with Crippen LogP contribution in [0, 0.1) is 6.92 Å². The Morgan fingerprint density at radius 1 is 1.20 bits per heavy atom. The molecular formula is C17H16ClN5OS. The number of amides is 1. The van der Waals surface area contributed by atoms with Gasteiger partial charge in [-0.3, -0.25) is 9.36 Å². The fourth-order valence-electron chi connectivity index (χ4n) is 2.25. The summed E-state index contributed by atoms with van der Waals surface area (Å²) in [5, 5.41) is 12.0. The molecule has 3 N–H and O–H groups in total. The molecule has 0 bridgehead atoms. The number of aromatic nitrogens is 3. The molecule has 3 rings (SSSR count). The summed E-state index contributed by atoms with van der Waals surface area (Å²) in [5.74, 6) is 0.299. The molecule has 0 aliphatic carbocycles. The summed E-state index contributed by atoms with van der Waals surface area (Å²) in [6, 6.07) is 14.9. The van der Waals surface area contributed by atoms with Crippen LogP contribution in [0.25, 0.3) is 5.69 Å². The Hall–Kier alpha value is -2.51. The number of benzene rings is 2. The van der Waals surface area contributed by atoms with Gasteiger partial charge in [0, 0.05) is 10.7 Å². The number of para-hydroxylation sites is 1. The summed E-state index contributed by atoms with van der Waals surface area (Å²) in [5.41, 5.74) is 8.28. The summed E-state index contributed by atoms with van der Waals surface area (Å²) in [6.07, 6.45) is 0. The molecule has 1 aromatic heterocycles. The van der Waals surface area contributed by atoms with Gasteiger partial charge in [-0.2, -0.15) is 0 Å². The van der Waals surface area contributed by atoms with Crippen LogP contribution >= 0.6 is 23.4 Å². The zero-order valence-corrected chi connectivity index (χ0v) is 15.0. The Balaban J connectivity index is 1.70. The minimum absolute atomic E-state index is 0.156. The third-order valence-corrected chi connectivity index (χ3v) is 4.89. The average molecular weight is 374 g/mol. The molecule has 25 heavy (non-hydrogen) atoms. The molecule has 0 saturated carbocycles. The van der Waals surface area contributed by atoms with Crippen LogP contribution in [-0.2, 0) is 4.79 Å². The van der Waals surface area contributed by atoms with E-state index in [0.717, 1.165) is 11.3 Å². The van der Waals surface area contributed by atoms with E-state index >= 15 is 0 Å². The molecule has 0 fully saturated rings. The van der Waals surface area contributed by atoms with E-state index in [0.29, 0.717) is 15.9 Å². The molecule has 0 aliphatic rings. The number of nitrogens with zero attached hydrogens (tertiary/aromatic N) is 3. The lowest BCUT2D eigenvalue weighted by atomic mass is 10.2. The van der Waals surface area contributed by atoms with Crippen LogP contribution in [0.3, 0.4) is 0 Å². The maximum atomic E-state index is 12.2. The van der Waals surface area contributed by atoms with Gasteiger partial charge in [-0.25, -0.2) is 0 Å². The van der Waals surface area contributed by atoms with E-state index in [2.05, 4.69) is 15.5 Å². The molecule has 3 aromatic rings. The van der Waals surface area contributed by atoms with Crippen LogP contribution in [0.15, 0.2) is 53.7 Å². The molecule has 6 nitrogen and oxygen atoms in total. The molecule has 0 radical (unpaired) electrons. The van der Waals surface area contributed by atoms with Crippen LogP contribution in [0.1, 0.15) is 5.56 Å². The van der Waals surface area contributed by atoms with E-state index in [1.807, 2.05) is 43.3 Å². The normalized spacial score (nSPS) is 10.6. The predicted octanol–water partition coefficient (Wildman–Crippen LogP) is 3.54. The number of nitrogens with two attached hydrogens (primary N) is 1. The average Bonchev–Trinajstić information content (AvgIpc) is 2.98. The van der Waals surface area contributed by atoms with Gasteiger partial charge in [0.2, 0.25) is 11.9 Å². The summed E-state index contributed by atoms with van der Waals surface area (Å²) in [7, 11) is 0. The number of anilines is 2. The van der Waals surface area contributed by atoms with Gasteiger partial charge < -0.3 is 11.1 Å². The number of carbonyl (C=O) groups is 1. The van der Waals surface area contributed by atoms with E-state index in [1.165, 1.54) is 11.8 Å². The predicted molar refractivity (Wildman–Crippen MR) is 101 cm³/mol. The van der Waals surface area contributed by atoms with Gasteiger partial charge in [0.15, 0.2) is 5.16 Å². The molecule has 0 unspecified atom stereocenters. The van der Waals surface area contributed by atoms with Gasteiger partial charge >= 0.3 is 0 Å². The van der Waals surface area contributed by atoms with Gasteiger partial charge in [-0.05, 0) is 36.8 Å². The summed E-state index contributed by atoms with van der Waals surface area (Å²) in [4.78, 5) is 12.2. The van der Waals surface area contributed by atoms with Crippen molar-refractivity contribution in [3.63, 3.8) is 0 Å². The van der Waals surface area contributed by atoms with Crippen molar-refractivity contribution in [1.82, 2.24) is 14.8 Å². The number of nitrogen functional groups attached to an aromatic ring is 1. The van der Waals surface area contributed by atoms with E-state index in [4.69, 9.17) is 17.3 Å². The van der Waals surface area contributed by atoms with Crippen molar-refractivity contribution in [3.8, 4) is 5.69 Å². The molecular weight excluding hydrogens is 358 g/mol. The Kier molecular flexibility index (Phi) is 5.25. The van der Waals surface area contributed by atoms with Gasteiger partial charge in [0.1, 0.15) is 0 Å². The Morgan fingerprint density at radius 3 is 2.72 bits per heavy atom. The molecule has 0 saturated heterocycles. The summed E-state index contributed by atoms with van der Waals surface area (Å²) >= 11 is 7.33. The lowest BCUT2D eigenvalue weighted by molar-refractivity contribution is -0.113. The molecule has 0 spiro atoms. The van der Waals surface area contributed by atoms with Crippen LogP contribution in [-0.4, -0.2) is 26.4 Å². The van der Waals surface area contributed by atoms with E-state index in [1.54, 1.807) is 16.7 Å². The van der Waals surface area contributed by atoms with Crippen molar-refractivity contribution in [2.45, 2.75) is 12.1 Å². The number of hydrogen-bond acceptors (Lipinski definition) is 5. The van der Waals surface area contributed by atoms with Gasteiger partial charge in [0.05, 0.1) is 11.4 Å². The first-order chi connectivity index (χ1) is 12.1. The fraction of sp³-hybridized carbons (Fsp3) is 0.118. The minimum Gasteiger partial charge on any atom is -0.368 e. The minimum atomic E-state index is -0.156. The first kappa shape index (κ1) is 17.3. The molecule has 0 aliphatic heterocycles. The van der Waals surface area contributed by atoms with Gasteiger partial charge in [-0.15, -0.1) is 10.2 Å². The fourth-order valence-corrected chi connectivity index (χ4v) is 3.19. The van der Waals surface area contributed by atoms with Crippen molar-refractivity contribution in [3.05, 3.63) is 59.1 Å². The first-order valence-electron chi connectivity index (χ1n) is 7.50. The molecule has 1 amide bonds. The molecule has 2 aromatic carbocycles. The second-order valence-electron chi connectivity index (χ2n) is 5.26. The standard InChI is InChI=1S/C17H16ClN5OS/c1-11-13(18)8-5-9-14(11)20-15(24)10-25-17-22-21-16(19)23(17)12-6-3-2-4-7-12/h2-9H,10H2,1H3,(H2,19,21)(H,20,24). The van der Waals surface area contributed by atoms with Crippen molar-refractivity contribution in [2.75, 3.05) is 16.8 Å². The molecule has 0 atom stereocenters. The zero-order valence-electron chi connectivity index (χ0n) is 13.4. The SMILES string of the molecule is Cc1c(Cl)cccc1NC(=O)CSc1nnc(N)n1-c1ccccc1. The third kappa shape index (κ3) is 3.94. The van der Waals surface area contributed by atoms with Crippen molar-refractivity contribution in [1.29, 1.82) is 0 Å². The van der Waals surface area contributed by atoms with E-state index < -0.39 is 0 Å². The largest absolute Gasteiger partial charge is 0.368 e. The maximum absolute atomic E-state index is 12.2. The van der Waals surface area contributed by atoms with E-state index in [-0.39, 0.29) is 17.6 Å².